The number of carbonyl (C=O) groups excluding carboxylic acids is 1. The van der Waals surface area contributed by atoms with Crippen molar-refractivity contribution in [1.29, 1.82) is 0 Å². The zero-order valence-electron chi connectivity index (χ0n) is 20.2. The van der Waals surface area contributed by atoms with Crippen LogP contribution in [0.25, 0.3) is 0 Å². The minimum absolute atomic E-state index is 0.0456. The molecule has 2 aromatic rings. The summed E-state index contributed by atoms with van der Waals surface area (Å²) in [6, 6.07) is 16.5. The number of amides is 1. The van der Waals surface area contributed by atoms with E-state index in [9.17, 15) is 4.79 Å². The minimum atomic E-state index is -0.443. The van der Waals surface area contributed by atoms with Gasteiger partial charge in [-0.2, -0.15) is 11.8 Å². The van der Waals surface area contributed by atoms with E-state index in [2.05, 4.69) is 49.6 Å². The molecule has 1 aliphatic heterocycles. The highest BCUT2D eigenvalue weighted by molar-refractivity contribution is 7.99. The number of benzene rings is 2. The van der Waals surface area contributed by atoms with Gasteiger partial charge in [0.2, 0.25) is 5.91 Å². The Bertz CT molecular complexity index is 1010. The summed E-state index contributed by atoms with van der Waals surface area (Å²) < 4.78 is 0. The van der Waals surface area contributed by atoms with Crippen LogP contribution < -0.4 is 0 Å². The van der Waals surface area contributed by atoms with Crippen LogP contribution in [0.5, 0.6) is 0 Å². The summed E-state index contributed by atoms with van der Waals surface area (Å²) in [5, 5.41) is 1.45. The summed E-state index contributed by atoms with van der Waals surface area (Å²) in [7, 11) is 0. The lowest BCUT2D eigenvalue weighted by atomic mass is 9.65. The Morgan fingerprint density at radius 1 is 1.12 bits per heavy atom. The molecule has 0 spiro atoms. The largest absolute Gasteiger partial charge is 0.330 e. The molecule has 182 valence electrons. The molecule has 2 aromatic carbocycles. The molecule has 4 atom stereocenters. The van der Waals surface area contributed by atoms with Crippen molar-refractivity contribution in [2.75, 3.05) is 11.5 Å². The second-order valence-corrected chi connectivity index (χ2v) is 12.0. The van der Waals surface area contributed by atoms with E-state index in [-0.39, 0.29) is 18.0 Å². The van der Waals surface area contributed by atoms with Crippen LogP contribution in [0.15, 0.2) is 61.2 Å². The van der Waals surface area contributed by atoms with Crippen LogP contribution in [0.4, 0.5) is 0 Å². The first-order valence-corrected chi connectivity index (χ1v) is 14.4. The highest BCUT2D eigenvalue weighted by atomic mass is 35.5. The second-order valence-electron chi connectivity index (χ2n) is 9.77. The van der Waals surface area contributed by atoms with Gasteiger partial charge in [0, 0.05) is 27.8 Å². The van der Waals surface area contributed by atoms with Crippen LogP contribution in [-0.4, -0.2) is 28.4 Å². The molecule has 5 heteroatoms. The molecular weight excluding hydrogens is 481 g/mol. The summed E-state index contributed by atoms with van der Waals surface area (Å²) in [6.07, 6.45) is 6.63. The molecule has 1 unspecified atom stereocenters. The van der Waals surface area contributed by atoms with Crippen molar-refractivity contribution in [3.63, 3.8) is 0 Å². The summed E-state index contributed by atoms with van der Waals surface area (Å²) in [5.41, 5.74) is 1.91. The van der Waals surface area contributed by atoms with Crippen LogP contribution in [0.3, 0.4) is 0 Å². The number of carbonyl (C=O) groups is 1. The smallest absolute Gasteiger partial charge is 0.229 e. The predicted octanol–water partition coefficient (Wildman–Crippen LogP) is 8.55. The van der Waals surface area contributed by atoms with Gasteiger partial charge in [-0.15, -0.1) is 6.58 Å². The van der Waals surface area contributed by atoms with Gasteiger partial charge in [0.05, 0.1) is 11.5 Å². The maximum absolute atomic E-state index is 14.5. The summed E-state index contributed by atoms with van der Waals surface area (Å²) >= 11 is 14.7. The maximum atomic E-state index is 14.5. The van der Waals surface area contributed by atoms with Gasteiger partial charge >= 0.3 is 0 Å². The Kier molecular flexibility index (Phi) is 8.38. The fourth-order valence-electron chi connectivity index (χ4n) is 5.71. The van der Waals surface area contributed by atoms with Crippen molar-refractivity contribution in [3.05, 3.63) is 82.4 Å². The summed E-state index contributed by atoms with van der Waals surface area (Å²) in [6.45, 7) is 8.39. The van der Waals surface area contributed by atoms with E-state index in [1.54, 1.807) is 0 Å². The molecule has 4 rings (SSSR count). The SMILES string of the molecule is C=CC[C@@]1(CC)CC(c2cccc(Cl)c2)[C@@H](c2ccc(Cl)cc2)N([C@H](CSCC)C2CC2)C1=O. The van der Waals surface area contributed by atoms with E-state index in [1.807, 2.05) is 42.1 Å². The highest BCUT2D eigenvalue weighted by Gasteiger charge is 2.54. The van der Waals surface area contributed by atoms with Gasteiger partial charge in [-0.3, -0.25) is 4.79 Å². The van der Waals surface area contributed by atoms with Crippen LogP contribution in [0.1, 0.15) is 69.0 Å². The number of piperidine rings is 1. The maximum Gasteiger partial charge on any atom is 0.229 e. The first-order valence-electron chi connectivity index (χ1n) is 12.5. The Hall–Kier alpha value is -1.42. The Morgan fingerprint density at radius 3 is 2.44 bits per heavy atom. The lowest BCUT2D eigenvalue weighted by Crippen LogP contribution is -2.57. The average Bonchev–Trinajstić information content (AvgIpc) is 3.67. The number of likely N-dealkylation sites (tertiary alicyclic amines) is 1. The van der Waals surface area contributed by atoms with E-state index in [0.717, 1.165) is 34.9 Å². The number of hydrogen-bond donors (Lipinski definition) is 0. The third kappa shape index (κ3) is 5.22. The number of rotatable bonds is 10. The van der Waals surface area contributed by atoms with Gasteiger partial charge in [0.1, 0.15) is 0 Å². The number of hydrogen-bond acceptors (Lipinski definition) is 2. The van der Waals surface area contributed by atoms with Gasteiger partial charge in [-0.05, 0) is 79.2 Å². The van der Waals surface area contributed by atoms with E-state index in [0.29, 0.717) is 23.3 Å². The van der Waals surface area contributed by atoms with Gasteiger partial charge in [0.25, 0.3) is 0 Å². The standard InChI is InChI=1S/C29H35Cl2NOS/c1-4-16-29(5-2)18-25(22-8-7-9-24(31)17-22)27(21-12-14-23(30)15-13-21)32(28(29)33)26(19-34-6-3)20-10-11-20/h4,7-9,12-15,17,20,25-27H,1,5-6,10-11,16,18-19H2,2-3H3/t25?,26-,27-,29+/m1/s1. The minimum Gasteiger partial charge on any atom is -0.330 e. The molecular formula is C29H35Cl2NOS. The molecule has 0 bridgehead atoms. The molecule has 1 aliphatic carbocycles. The second kappa shape index (κ2) is 11.1. The Balaban J connectivity index is 1.90. The molecule has 2 nitrogen and oxygen atoms in total. The molecule has 2 fully saturated rings. The first kappa shape index (κ1) is 25.7. The monoisotopic (exact) mass is 515 g/mol. The zero-order chi connectivity index (χ0) is 24.3. The van der Waals surface area contributed by atoms with Gasteiger partial charge in [-0.1, -0.05) is 67.4 Å². The summed E-state index contributed by atoms with van der Waals surface area (Å²) in [5.74, 6) is 3.05. The van der Waals surface area contributed by atoms with Gasteiger partial charge in [-0.25, -0.2) is 0 Å². The lowest BCUT2D eigenvalue weighted by molar-refractivity contribution is -0.156. The molecule has 1 amide bonds. The van der Waals surface area contributed by atoms with Crippen molar-refractivity contribution in [2.45, 2.75) is 64.0 Å². The molecule has 2 aliphatic rings. The number of halogens is 2. The van der Waals surface area contributed by atoms with Crippen molar-refractivity contribution >= 4 is 40.9 Å². The average molecular weight is 517 g/mol. The van der Waals surface area contributed by atoms with Crippen molar-refractivity contribution in [3.8, 4) is 0 Å². The van der Waals surface area contributed by atoms with Gasteiger partial charge in [0.15, 0.2) is 0 Å². The molecule has 1 heterocycles. The molecule has 0 radical (unpaired) electrons. The van der Waals surface area contributed by atoms with E-state index in [4.69, 9.17) is 23.2 Å². The molecule has 1 saturated heterocycles. The lowest BCUT2D eigenvalue weighted by Gasteiger charge is -2.53. The molecule has 34 heavy (non-hydrogen) atoms. The van der Waals surface area contributed by atoms with Crippen molar-refractivity contribution in [1.82, 2.24) is 4.90 Å². The molecule has 1 saturated carbocycles. The van der Waals surface area contributed by atoms with Crippen LogP contribution in [0.2, 0.25) is 10.0 Å². The van der Waals surface area contributed by atoms with E-state index in [1.165, 1.54) is 18.4 Å². The Morgan fingerprint density at radius 2 is 1.85 bits per heavy atom. The van der Waals surface area contributed by atoms with Crippen LogP contribution in [0, 0.1) is 11.3 Å². The predicted molar refractivity (Wildman–Crippen MR) is 147 cm³/mol. The van der Waals surface area contributed by atoms with Crippen LogP contribution in [-0.2, 0) is 4.79 Å². The Labute approximate surface area is 219 Å². The van der Waals surface area contributed by atoms with E-state index >= 15 is 0 Å². The molecule has 0 N–H and O–H groups in total. The quantitative estimate of drug-likeness (QED) is 0.295. The normalized spacial score (nSPS) is 25.9. The third-order valence-electron chi connectivity index (χ3n) is 7.70. The fourth-order valence-corrected chi connectivity index (χ4v) is 6.95. The highest BCUT2D eigenvalue weighted by Crippen LogP contribution is 2.55. The van der Waals surface area contributed by atoms with Gasteiger partial charge < -0.3 is 4.90 Å². The number of thioether (sulfide) groups is 1. The first-order chi connectivity index (χ1) is 16.4. The van der Waals surface area contributed by atoms with E-state index < -0.39 is 5.41 Å². The number of allylic oxidation sites excluding steroid dienone is 1. The van der Waals surface area contributed by atoms with Crippen molar-refractivity contribution in [2.24, 2.45) is 11.3 Å². The third-order valence-corrected chi connectivity index (χ3v) is 9.17. The zero-order valence-corrected chi connectivity index (χ0v) is 22.5. The number of nitrogens with zero attached hydrogens (tertiary/aromatic N) is 1. The van der Waals surface area contributed by atoms with Crippen LogP contribution >= 0.6 is 35.0 Å². The fraction of sp³-hybridized carbons (Fsp3) is 0.483. The van der Waals surface area contributed by atoms with Crippen molar-refractivity contribution < 1.29 is 4.79 Å². The molecule has 0 aromatic heterocycles. The summed E-state index contributed by atoms with van der Waals surface area (Å²) in [4.78, 5) is 16.8. The topological polar surface area (TPSA) is 20.3 Å².